The van der Waals surface area contributed by atoms with Crippen molar-refractivity contribution in [3.63, 3.8) is 0 Å². The summed E-state index contributed by atoms with van der Waals surface area (Å²) in [4.78, 5) is 31.6. The number of aromatic nitrogens is 4. The third-order valence-electron chi connectivity index (χ3n) is 3.49. The number of hydrogen-bond acceptors (Lipinski definition) is 5. The molecule has 0 saturated heterocycles. The van der Waals surface area contributed by atoms with E-state index in [1.807, 2.05) is 5.32 Å². The van der Waals surface area contributed by atoms with Gasteiger partial charge in [-0.15, -0.1) is 0 Å². The molecule has 0 bridgehead atoms. The number of rotatable bonds is 2. The molecule has 0 spiro atoms. The number of carbonyl (C=O) groups is 2. The zero-order valence-corrected chi connectivity index (χ0v) is 15.3. The Morgan fingerprint density at radius 2 is 1.75 bits per heavy atom. The number of imide groups is 1. The third-order valence-corrected chi connectivity index (χ3v) is 3.88. The highest BCUT2D eigenvalue weighted by molar-refractivity contribution is 6.33. The fourth-order valence-corrected chi connectivity index (χ4v) is 2.84. The fraction of sp³-hybridized carbons (Fsp3) is 0.133. The molecule has 3 heterocycles. The van der Waals surface area contributed by atoms with Gasteiger partial charge in [-0.3, -0.25) is 15.2 Å². The van der Waals surface area contributed by atoms with Gasteiger partial charge in [0.25, 0.3) is 5.91 Å². The molecule has 146 valence electrons. The summed E-state index contributed by atoms with van der Waals surface area (Å²) in [5.74, 6) is -1.16. The number of urea groups is 1. The predicted octanol–water partition coefficient (Wildman–Crippen LogP) is 3.95. The SMILES string of the molecule is Cc1[nH]nc2nc(C(=O)NC(=O)Nc3cc(Cl)nc(Cl)c3)cc(C(F)(F)F)c12. The van der Waals surface area contributed by atoms with Gasteiger partial charge >= 0.3 is 12.2 Å². The summed E-state index contributed by atoms with van der Waals surface area (Å²) < 4.78 is 40.0. The first kappa shape index (κ1) is 19.8. The van der Waals surface area contributed by atoms with Crippen LogP contribution in [0.3, 0.4) is 0 Å². The molecule has 28 heavy (non-hydrogen) atoms. The zero-order valence-electron chi connectivity index (χ0n) is 13.8. The smallest absolute Gasteiger partial charge is 0.307 e. The second kappa shape index (κ2) is 7.24. The monoisotopic (exact) mass is 432 g/mol. The lowest BCUT2D eigenvalue weighted by atomic mass is 10.1. The summed E-state index contributed by atoms with van der Waals surface area (Å²) >= 11 is 11.4. The summed E-state index contributed by atoms with van der Waals surface area (Å²) in [7, 11) is 0. The lowest BCUT2D eigenvalue weighted by Gasteiger charge is -2.11. The molecule has 0 aliphatic rings. The highest BCUT2D eigenvalue weighted by Crippen LogP contribution is 2.35. The molecule has 3 aromatic heterocycles. The van der Waals surface area contributed by atoms with Gasteiger partial charge in [-0.05, 0) is 25.1 Å². The Morgan fingerprint density at radius 1 is 1.11 bits per heavy atom. The number of halogens is 5. The zero-order chi connectivity index (χ0) is 20.6. The molecule has 0 unspecified atom stereocenters. The molecule has 3 aromatic rings. The largest absolute Gasteiger partial charge is 0.417 e. The van der Waals surface area contributed by atoms with Crippen molar-refractivity contribution in [2.75, 3.05) is 5.32 Å². The van der Waals surface area contributed by atoms with Gasteiger partial charge in [-0.25, -0.2) is 14.8 Å². The molecule has 0 atom stereocenters. The summed E-state index contributed by atoms with van der Waals surface area (Å²) in [5, 5.41) is 9.89. The van der Waals surface area contributed by atoms with Gasteiger partial charge in [0.15, 0.2) is 5.65 Å². The van der Waals surface area contributed by atoms with E-state index in [0.717, 1.165) is 0 Å². The normalized spacial score (nSPS) is 11.5. The number of pyridine rings is 2. The molecule has 0 aromatic carbocycles. The molecule has 3 amide bonds. The Balaban J connectivity index is 1.86. The minimum atomic E-state index is -4.75. The first-order valence-electron chi connectivity index (χ1n) is 7.43. The van der Waals surface area contributed by atoms with Gasteiger partial charge in [-0.1, -0.05) is 23.2 Å². The number of H-pyrrole nitrogens is 1. The molecular weight excluding hydrogens is 424 g/mol. The van der Waals surface area contributed by atoms with Crippen LogP contribution >= 0.6 is 23.2 Å². The van der Waals surface area contributed by atoms with Crippen LogP contribution in [-0.2, 0) is 6.18 Å². The number of anilines is 1. The van der Waals surface area contributed by atoms with E-state index in [1.165, 1.54) is 19.1 Å². The van der Waals surface area contributed by atoms with Gasteiger partial charge in [0, 0.05) is 11.4 Å². The minimum Gasteiger partial charge on any atom is -0.307 e. The Bertz CT molecular complexity index is 1080. The molecule has 13 heteroatoms. The van der Waals surface area contributed by atoms with Crippen LogP contribution in [0.1, 0.15) is 21.7 Å². The maximum absolute atomic E-state index is 13.3. The number of amides is 3. The van der Waals surface area contributed by atoms with Crippen molar-refractivity contribution in [1.29, 1.82) is 0 Å². The van der Waals surface area contributed by atoms with Crippen molar-refractivity contribution in [1.82, 2.24) is 25.5 Å². The van der Waals surface area contributed by atoms with E-state index in [4.69, 9.17) is 23.2 Å². The number of nitrogens with one attached hydrogen (secondary N) is 3. The number of hydrogen-bond donors (Lipinski definition) is 3. The Hall–Kier alpha value is -2.92. The quantitative estimate of drug-likeness (QED) is 0.530. The third kappa shape index (κ3) is 4.15. The van der Waals surface area contributed by atoms with Crippen LogP contribution in [0.15, 0.2) is 18.2 Å². The number of fused-ring (bicyclic) bond motifs is 1. The maximum Gasteiger partial charge on any atom is 0.417 e. The number of nitrogens with zero attached hydrogens (tertiary/aromatic N) is 3. The van der Waals surface area contributed by atoms with E-state index in [0.29, 0.717) is 6.07 Å². The van der Waals surface area contributed by atoms with Crippen molar-refractivity contribution >= 4 is 51.9 Å². The van der Waals surface area contributed by atoms with Crippen molar-refractivity contribution < 1.29 is 22.8 Å². The van der Waals surface area contributed by atoms with E-state index in [-0.39, 0.29) is 32.7 Å². The highest BCUT2D eigenvalue weighted by atomic mass is 35.5. The lowest BCUT2D eigenvalue weighted by Crippen LogP contribution is -2.35. The molecule has 3 rings (SSSR count). The van der Waals surface area contributed by atoms with Crippen LogP contribution in [0.5, 0.6) is 0 Å². The van der Waals surface area contributed by atoms with Crippen molar-refractivity contribution in [3.05, 3.63) is 45.5 Å². The number of carbonyl (C=O) groups excluding carboxylic acids is 2. The molecule has 0 aliphatic heterocycles. The summed E-state index contributed by atoms with van der Waals surface area (Å²) in [6.07, 6.45) is -4.75. The van der Waals surface area contributed by atoms with Crippen LogP contribution in [0.4, 0.5) is 23.7 Å². The highest BCUT2D eigenvalue weighted by Gasteiger charge is 2.35. The minimum absolute atomic E-state index is 0.00929. The topological polar surface area (TPSA) is 113 Å². The average Bonchev–Trinajstić information content (AvgIpc) is 2.93. The molecule has 3 N–H and O–H groups in total. The molecule has 8 nitrogen and oxygen atoms in total. The fourth-order valence-electron chi connectivity index (χ4n) is 2.38. The predicted molar refractivity (Wildman–Crippen MR) is 94.4 cm³/mol. The first-order chi connectivity index (χ1) is 13.0. The standard InChI is InChI=1S/C15H9Cl2F3N6O2/c1-5-11-7(15(18,19)20)4-8(22-12(11)26-25-5)13(27)24-14(28)21-6-2-9(16)23-10(17)3-6/h2-4H,1H3,(H,22,25,26)(H2,21,23,24,27,28). The number of aryl methyl sites for hydroxylation is 1. The Labute approximate surface area is 164 Å². The van der Waals surface area contributed by atoms with E-state index in [9.17, 15) is 22.8 Å². The summed E-state index contributed by atoms with van der Waals surface area (Å²) in [6, 6.07) is 2.04. The Kier molecular flexibility index (Phi) is 5.13. The van der Waals surface area contributed by atoms with E-state index < -0.39 is 29.4 Å². The second-order valence-corrected chi connectivity index (χ2v) is 6.28. The molecule has 0 radical (unpaired) electrons. The van der Waals surface area contributed by atoms with Gasteiger partial charge in [0.1, 0.15) is 16.0 Å². The van der Waals surface area contributed by atoms with Gasteiger partial charge in [0.2, 0.25) is 0 Å². The van der Waals surface area contributed by atoms with Crippen LogP contribution < -0.4 is 10.6 Å². The summed E-state index contributed by atoms with van der Waals surface area (Å²) in [5.41, 5.74) is -1.76. The number of aromatic amines is 1. The lowest BCUT2D eigenvalue weighted by molar-refractivity contribution is -0.136. The average molecular weight is 433 g/mol. The molecule has 0 aliphatic carbocycles. The second-order valence-electron chi connectivity index (χ2n) is 5.51. The van der Waals surface area contributed by atoms with Crippen LogP contribution in [-0.4, -0.2) is 32.1 Å². The van der Waals surface area contributed by atoms with E-state index in [1.54, 1.807) is 0 Å². The Morgan fingerprint density at radius 3 is 2.36 bits per heavy atom. The van der Waals surface area contributed by atoms with Gasteiger partial charge < -0.3 is 5.32 Å². The summed E-state index contributed by atoms with van der Waals surface area (Å²) in [6.45, 7) is 1.39. The van der Waals surface area contributed by atoms with Crippen molar-refractivity contribution in [2.24, 2.45) is 0 Å². The molecule has 0 fully saturated rings. The molecular formula is C15H9Cl2F3N6O2. The van der Waals surface area contributed by atoms with Crippen LogP contribution in [0.2, 0.25) is 10.3 Å². The van der Waals surface area contributed by atoms with Crippen molar-refractivity contribution in [3.8, 4) is 0 Å². The first-order valence-corrected chi connectivity index (χ1v) is 8.18. The molecule has 0 saturated carbocycles. The van der Waals surface area contributed by atoms with E-state index in [2.05, 4.69) is 25.5 Å². The van der Waals surface area contributed by atoms with Gasteiger partial charge in [0.05, 0.1) is 10.9 Å². The van der Waals surface area contributed by atoms with Crippen LogP contribution in [0.25, 0.3) is 11.0 Å². The van der Waals surface area contributed by atoms with E-state index >= 15 is 0 Å². The van der Waals surface area contributed by atoms with Gasteiger partial charge in [-0.2, -0.15) is 18.3 Å². The van der Waals surface area contributed by atoms with Crippen LogP contribution in [0, 0.1) is 6.92 Å². The number of alkyl halides is 3. The van der Waals surface area contributed by atoms with Crippen molar-refractivity contribution in [2.45, 2.75) is 13.1 Å². The maximum atomic E-state index is 13.3.